The van der Waals surface area contributed by atoms with E-state index in [1.165, 1.54) is 12.0 Å². The maximum Gasteiger partial charge on any atom is 0.137 e. The molecule has 2 heterocycles. The van der Waals surface area contributed by atoms with Crippen molar-refractivity contribution in [2.75, 3.05) is 19.8 Å². The first-order chi connectivity index (χ1) is 8.85. The molecule has 1 saturated carbocycles. The molecule has 3 rings (SSSR count). The molecule has 1 aromatic rings. The van der Waals surface area contributed by atoms with Gasteiger partial charge in [-0.15, -0.1) is 0 Å². The van der Waals surface area contributed by atoms with Crippen LogP contribution in [0.15, 0.2) is 18.5 Å². The van der Waals surface area contributed by atoms with Crippen molar-refractivity contribution in [2.45, 2.75) is 25.3 Å². The van der Waals surface area contributed by atoms with Gasteiger partial charge in [0.05, 0.1) is 6.20 Å². The fraction of sp³-hybridized carbons (Fsp3) is 0.643. The second kappa shape index (κ2) is 5.24. The minimum Gasteiger partial charge on any atom is -0.490 e. The molecular weight excluding hydrogens is 228 g/mol. The van der Waals surface area contributed by atoms with Crippen LogP contribution in [0, 0.1) is 11.8 Å². The Morgan fingerprint density at radius 1 is 1.39 bits per heavy atom. The Bertz CT molecular complexity index is 407. The van der Waals surface area contributed by atoms with Gasteiger partial charge in [0.25, 0.3) is 0 Å². The van der Waals surface area contributed by atoms with Crippen LogP contribution in [-0.2, 0) is 6.42 Å². The Kier molecular flexibility index (Phi) is 3.48. The second-order valence-corrected chi connectivity index (χ2v) is 5.42. The molecule has 1 saturated heterocycles. The average Bonchev–Trinajstić information content (AvgIpc) is 3.06. The number of nitrogens with one attached hydrogen (secondary N) is 1. The zero-order valence-corrected chi connectivity index (χ0v) is 10.5. The van der Waals surface area contributed by atoms with E-state index in [2.05, 4.69) is 16.4 Å². The van der Waals surface area contributed by atoms with Gasteiger partial charge < -0.3 is 15.2 Å². The first-order valence-corrected chi connectivity index (χ1v) is 6.76. The largest absolute Gasteiger partial charge is 0.490 e. The van der Waals surface area contributed by atoms with E-state index >= 15 is 0 Å². The minimum absolute atomic E-state index is 0.321. The SMILES string of the molecule is OC[C@@H]1C[C@@H]1Cc1cncc(OC[C@@H]2CCN2)c1. The predicted octanol–water partition coefficient (Wildman–Crippen LogP) is 0.993. The van der Waals surface area contributed by atoms with E-state index in [9.17, 15) is 0 Å². The van der Waals surface area contributed by atoms with Gasteiger partial charge in [0.2, 0.25) is 0 Å². The highest BCUT2D eigenvalue weighted by Crippen LogP contribution is 2.40. The molecule has 98 valence electrons. The van der Waals surface area contributed by atoms with E-state index in [0.717, 1.165) is 31.7 Å². The summed E-state index contributed by atoms with van der Waals surface area (Å²) in [6.07, 6.45) is 7.04. The van der Waals surface area contributed by atoms with Crippen LogP contribution in [-0.4, -0.2) is 35.9 Å². The maximum atomic E-state index is 9.04. The van der Waals surface area contributed by atoms with Crippen molar-refractivity contribution in [3.8, 4) is 5.75 Å². The summed E-state index contributed by atoms with van der Waals surface area (Å²) in [7, 11) is 0. The number of hydrogen-bond acceptors (Lipinski definition) is 4. The number of aromatic nitrogens is 1. The molecule has 1 aliphatic carbocycles. The highest BCUT2D eigenvalue weighted by atomic mass is 16.5. The highest BCUT2D eigenvalue weighted by Gasteiger charge is 2.36. The van der Waals surface area contributed by atoms with E-state index in [1.807, 2.05) is 6.20 Å². The van der Waals surface area contributed by atoms with Crippen molar-refractivity contribution in [1.29, 1.82) is 0 Å². The van der Waals surface area contributed by atoms with Gasteiger partial charge in [-0.05, 0) is 49.3 Å². The van der Waals surface area contributed by atoms with Crippen LogP contribution in [0.2, 0.25) is 0 Å². The van der Waals surface area contributed by atoms with E-state index in [1.54, 1.807) is 6.20 Å². The summed E-state index contributed by atoms with van der Waals surface area (Å²) in [6, 6.07) is 2.59. The Hall–Kier alpha value is -1.13. The standard InChI is InChI=1S/C14H20N2O2/c17-8-12-5-11(12)3-10-4-14(7-15-6-10)18-9-13-1-2-16-13/h4,6-7,11-13,16-17H,1-3,5,8-9H2/t11-,12-,13-/m0/s1. The molecule has 0 unspecified atom stereocenters. The van der Waals surface area contributed by atoms with Gasteiger partial charge in [0, 0.05) is 18.8 Å². The molecule has 4 heteroatoms. The molecular formula is C14H20N2O2. The van der Waals surface area contributed by atoms with Crippen molar-refractivity contribution in [1.82, 2.24) is 10.3 Å². The maximum absolute atomic E-state index is 9.04. The van der Waals surface area contributed by atoms with Gasteiger partial charge in [-0.25, -0.2) is 0 Å². The van der Waals surface area contributed by atoms with E-state index < -0.39 is 0 Å². The number of pyridine rings is 1. The Morgan fingerprint density at radius 3 is 2.94 bits per heavy atom. The molecule has 0 amide bonds. The van der Waals surface area contributed by atoms with Gasteiger partial charge in [-0.2, -0.15) is 0 Å². The van der Waals surface area contributed by atoms with Gasteiger partial charge in [0.15, 0.2) is 0 Å². The third kappa shape index (κ3) is 2.82. The van der Waals surface area contributed by atoms with Crippen molar-refractivity contribution < 1.29 is 9.84 Å². The van der Waals surface area contributed by atoms with Gasteiger partial charge in [-0.1, -0.05) is 0 Å². The lowest BCUT2D eigenvalue weighted by atomic mass is 10.1. The average molecular weight is 248 g/mol. The Labute approximate surface area is 107 Å². The summed E-state index contributed by atoms with van der Waals surface area (Å²) in [4.78, 5) is 4.23. The number of hydrogen-bond donors (Lipinski definition) is 2. The first-order valence-electron chi connectivity index (χ1n) is 6.76. The summed E-state index contributed by atoms with van der Waals surface area (Å²) < 4.78 is 5.73. The number of ether oxygens (including phenoxy) is 1. The van der Waals surface area contributed by atoms with Crippen molar-refractivity contribution in [2.24, 2.45) is 11.8 Å². The molecule has 0 aromatic carbocycles. The van der Waals surface area contributed by atoms with Crippen LogP contribution < -0.4 is 10.1 Å². The molecule has 2 N–H and O–H groups in total. The van der Waals surface area contributed by atoms with E-state index in [0.29, 0.717) is 24.5 Å². The number of aliphatic hydroxyl groups is 1. The minimum atomic E-state index is 0.321. The molecule has 4 nitrogen and oxygen atoms in total. The fourth-order valence-corrected chi connectivity index (χ4v) is 2.43. The van der Waals surface area contributed by atoms with E-state index in [-0.39, 0.29) is 0 Å². The van der Waals surface area contributed by atoms with Crippen LogP contribution in [0.25, 0.3) is 0 Å². The van der Waals surface area contributed by atoms with Gasteiger partial charge in [-0.3, -0.25) is 4.98 Å². The molecule has 1 aromatic heterocycles. The smallest absolute Gasteiger partial charge is 0.137 e. The topological polar surface area (TPSA) is 54.4 Å². The van der Waals surface area contributed by atoms with Crippen LogP contribution in [0.4, 0.5) is 0 Å². The second-order valence-electron chi connectivity index (χ2n) is 5.42. The third-order valence-corrected chi connectivity index (χ3v) is 3.95. The van der Waals surface area contributed by atoms with E-state index in [4.69, 9.17) is 9.84 Å². The summed E-state index contributed by atoms with van der Waals surface area (Å²) in [5.41, 5.74) is 1.22. The van der Waals surface area contributed by atoms with Gasteiger partial charge >= 0.3 is 0 Å². The molecule has 18 heavy (non-hydrogen) atoms. The first kappa shape index (κ1) is 11.9. The van der Waals surface area contributed by atoms with Crippen LogP contribution >= 0.6 is 0 Å². The molecule has 1 aliphatic heterocycles. The summed E-state index contributed by atoms with van der Waals surface area (Å²) in [5, 5.41) is 12.4. The zero-order chi connectivity index (χ0) is 12.4. The van der Waals surface area contributed by atoms with Crippen molar-refractivity contribution in [3.05, 3.63) is 24.0 Å². The fourth-order valence-electron chi connectivity index (χ4n) is 2.43. The Balaban J connectivity index is 1.51. The van der Waals surface area contributed by atoms with Crippen LogP contribution in [0.3, 0.4) is 0 Å². The number of aliphatic hydroxyl groups excluding tert-OH is 1. The lowest BCUT2D eigenvalue weighted by molar-refractivity contribution is 0.216. The zero-order valence-electron chi connectivity index (χ0n) is 10.5. The quantitative estimate of drug-likeness (QED) is 0.788. The third-order valence-electron chi connectivity index (χ3n) is 3.95. The molecule has 2 aliphatic rings. The monoisotopic (exact) mass is 248 g/mol. The Morgan fingerprint density at radius 2 is 2.28 bits per heavy atom. The van der Waals surface area contributed by atoms with Crippen LogP contribution in [0.5, 0.6) is 5.75 Å². The summed E-state index contributed by atoms with van der Waals surface area (Å²) in [5.74, 6) is 2.01. The van der Waals surface area contributed by atoms with Crippen LogP contribution in [0.1, 0.15) is 18.4 Å². The molecule has 2 fully saturated rings. The van der Waals surface area contributed by atoms with Crippen molar-refractivity contribution in [3.63, 3.8) is 0 Å². The predicted molar refractivity (Wildman–Crippen MR) is 68.5 cm³/mol. The lowest BCUT2D eigenvalue weighted by Gasteiger charge is -2.27. The number of nitrogens with zero attached hydrogens (tertiary/aromatic N) is 1. The molecule has 3 atom stereocenters. The molecule has 0 bridgehead atoms. The summed E-state index contributed by atoms with van der Waals surface area (Å²) in [6.45, 7) is 2.16. The number of rotatable bonds is 6. The van der Waals surface area contributed by atoms with Crippen molar-refractivity contribution >= 4 is 0 Å². The highest BCUT2D eigenvalue weighted by molar-refractivity contribution is 5.24. The summed E-state index contributed by atoms with van der Waals surface area (Å²) >= 11 is 0. The normalized spacial score (nSPS) is 29.7. The van der Waals surface area contributed by atoms with Gasteiger partial charge in [0.1, 0.15) is 12.4 Å². The molecule has 0 spiro atoms. The lowest BCUT2D eigenvalue weighted by Crippen LogP contribution is -2.46. The molecule has 0 radical (unpaired) electrons.